The van der Waals surface area contributed by atoms with Crippen molar-refractivity contribution < 1.29 is 9.18 Å². The summed E-state index contributed by atoms with van der Waals surface area (Å²) in [5.74, 6) is 0.321. The second kappa shape index (κ2) is 9.57. The summed E-state index contributed by atoms with van der Waals surface area (Å²) in [4.78, 5) is 17.0. The summed E-state index contributed by atoms with van der Waals surface area (Å²) in [7, 11) is 0. The standard InChI is InChI=1S/C27H19FN2OS2/c28-23-13-11-19(21-8-4-5-9-22(21)23)17-32-27-30-24-14-12-20(16-25(24)33-27)29-26(31)15-10-18-6-2-1-3-7-18/h1-16H,17H2,(H,29,31)/b15-10+. The molecule has 0 spiro atoms. The van der Waals surface area contributed by atoms with Gasteiger partial charge in [-0.25, -0.2) is 9.37 Å². The van der Waals surface area contributed by atoms with E-state index in [1.807, 2.05) is 72.8 Å². The van der Waals surface area contributed by atoms with Crippen molar-refractivity contribution in [2.45, 2.75) is 10.1 Å². The predicted molar refractivity (Wildman–Crippen MR) is 137 cm³/mol. The second-order valence-corrected chi connectivity index (χ2v) is 9.69. The third-order valence-corrected chi connectivity index (χ3v) is 7.39. The molecule has 0 aliphatic carbocycles. The van der Waals surface area contributed by atoms with Gasteiger partial charge in [-0.05, 0) is 46.9 Å². The average Bonchev–Trinajstić information content (AvgIpc) is 3.25. The molecule has 0 unspecified atom stereocenters. The molecule has 3 nitrogen and oxygen atoms in total. The molecule has 0 aliphatic rings. The molecule has 0 fully saturated rings. The number of thiazole rings is 1. The lowest BCUT2D eigenvalue weighted by molar-refractivity contribution is -0.111. The smallest absolute Gasteiger partial charge is 0.248 e. The number of carbonyl (C=O) groups excluding carboxylic acids is 1. The van der Waals surface area contributed by atoms with E-state index in [4.69, 9.17) is 4.98 Å². The number of rotatable bonds is 6. The van der Waals surface area contributed by atoms with Crippen LogP contribution in [-0.4, -0.2) is 10.9 Å². The Bertz CT molecular complexity index is 1480. The van der Waals surface area contributed by atoms with Crippen LogP contribution in [0.15, 0.2) is 95.3 Å². The van der Waals surface area contributed by atoms with Crippen LogP contribution in [0.25, 0.3) is 27.1 Å². The van der Waals surface area contributed by atoms with Crippen molar-refractivity contribution >= 4 is 61.8 Å². The van der Waals surface area contributed by atoms with Crippen molar-refractivity contribution in [3.63, 3.8) is 0 Å². The van der Waals surface area contributed by atoms with Gasteiger partial charge in [0, 0.05) is 22.9 Å². The Morgan fingerprint density at radius 2 is 1.76 bits per heavy atom. The number of benzene rings is 4. The molecule has 4 aromatic carbocycles. The fourth-order valence-electron chi connectivity index (χ4n) is 3.55. The number of thioether (sulfide) groups is 1. The zero-order chi connectivity index (χ0) is 22.6. The topological polar surface area (TPSA) is 42.0 Å². The van der Waals surface area contributed by atoms with E-state index in [1.54, 1.807) is 35.2 Å². The SMILES string of the molecule is O=C(/C=C/c1ccccc1)Nc1ccc2nc(SCc3ccc(F)c4ccccc34)sc2c1. The number of halogens is 1. The highest BCUT2D eigenvalue weighted by Crippen LogP contribution is 2.34. The van der Waals surface area contributed by atoms with E-state index in [1.165, 1.54) is 12.1 Å². The Morgan fingerprint density at radius 3 is 2.61 bits per heavy atom. The van der Waals surface area contributed by atoms with Gasteiger partial charge < -0.3 is 5.32 Å². The summed E-state index contributed by atoms with van der Waals surface area (Å²) in [6.07, 6.45) is 3.31. The third-order valence-electron chi connectivity index (χ3n) is 5.18. The van der Waals surface area contributed by atoms with Gasteiger partial charge >= 0.3 is 0 Å². The summed E-state index contributed by atoms with van der Waals surface area (Å²) in [6.45, 7) is 0. The van der Waals surface area contributed by atoms with Crippen LogP contribution in [0.5, 0.6) is 0 Å². The molecule has 0 radical (unpaired) electrons. The molecular formula is C27H19FN2OS2. The molecule has 1 aromatic heterocycles. The van der Waals surface area contributed by atoms with E-state index >= 15 is 0 Å². The van der Waals surface area contributed by atoms with Crippen LogP contribution in [0.4, 0.5) is 10.1 Å². The second-order valence-electron chi connectivity index (χ2n) is 7.44. The van der Waals surface area contributed by atoms with Gasteiger partial charge in [-0.2, -0.15) is 0 Å². The summed E-state index contributed by atoms with van der Waals surface area (Å²) in [5.41, 5.74) is 3.68. The van der Waals surface area contributed by atoms with Crippen LogP contribution in [0.2, 0.25) is 0 Å². The number of carbonyl (C=O) groups is 1. The Kier molecular flexibility index (Phi) is 6.19. The van der Waals surface area contributed by atoms with Gasteiger partial charge in [0.2, 0.25) is 5.91 Å². The average molecular weight is 471 g/mol. The van der Waals surface area contributed by atoms with Crippen LogP contribution in [0.1, 0.15) is 11.1 Å². The van der Waals surface area contributed by atoms with Crippen molar-refractivity contribution in [1.29, 1.82) is 0 Å². The maximum Gasteiger partial charge on any atom is 0.248 e. The molecule has 0 saturated heterocycles. The summed E-state index contributed by atoms with van der Waals surface area (Å²) in [5, 5.41) is 4.48. The predicted octanol–water partition coefficient (Wildman–Crippen LogP) is 7.53. The highest BCUT2D eigenvalue weighted by atomic mass is 32.2. The van der Waals surface area contributed by atoms with Crippen LogP contribution in [0, 0.1) is 5.82 Å². The van der Waals surface area contributed by atoms with Gasteiger partial charge in [-0.3, -0.25) is 4.79 Å². The molecule has 162 valence electrons. The molecule has 1 N–H and O–H groups in total. The number of hydrogen-bond acceptors (Lipinski definition) is 4. The fourth-order valence-corrected chi connectivity index (χ4v) is 5.66. The monoisotopic (exact) mass is 470 g/mol. The summed E-state index contributed by atoms with van der Waals surface area (Å²) in [6, 6.07) is 26.3. The Hall–Kier alpha value is -3.48. The number of fused-ring (bicyclic) bond motifs is 2. The van der Waals surface area contributed by atoms with Crippen molar-refractivity contribution in [3.05, 3.63) is 108 Å². The van der Waals surface area contributed by atoms with E-state index < -0.39 is 0 Å². The lowest BCUT2D eigenvalue weighted by atomic mass is 10.1. The first kappa shape index (κ1) is 21.4. The molecule has 0 bridgehead atoms. The first-order valence-corrected chi connectivity index (χ1v) is 12.2. The normalized spacial score (nSPS) is 11.4. The summed E-state index contributed by atoms with van der Waals surface area (Å²) < 4.78 is 16.0. The first-order chi connectivity index (χ1) is 16.2. The molecule has 5 aromatic rings. The third kappa shape index (κ3) is 4.97. The van der Waals surface area contributed by atoms with Crippen molar-refractivity contribution in [3.8, 4) is 0 Å². The molecule has 1 heterocycles. The minimum atomic E-state index is -0.201. The van der Waals surface area contributed by atoms with E-state index in [-0.39, 0.29) is 11.7 Å². The van der Waals surface area contributed by atoms with Gasteiger partial charge in [0.15, 0.2) is 4.34 Å². The minimum absolute atomic E-state index is 0.180. The van der Waals surface area contributed by atoms with Gasteiger partial charge in [0.25, 0.3) is 0 Å². The lowest BCUT2D eigenvalue weighted by Crippen LogP contribution is -2.07. The van der Waals surface area contributed by atoms with E-state index in [2.05, 4.69) is 5.32 Å². The zero-order valence-electron chi connectivity index (χ0n) is 17.5. The molecule has 1 amide bonds. The Morgan fingerprint density at radius 1 is 0.970 bits per heavy atom. The summed E-state index contributed by atoms with van der Waals surface area (Å²) >= 11 is 3.22. The fraction of sp³-hybridized carbons (Fsp3) is 0.0370. The first-order valence-electron chi connectivity index (χ1n) is 10.4. The molecule has 6 heteroatoms. The largest absolute Gasteiger partial charge is 0.322 e. The number of aromatic nitrogens is 1. The highest BCUT2D eigenvalue weighted by molar-refractivity contribution is 8.00. The van der Waals surface area contributed by atoms with Gasteiger partial charge in [0.1, 0.15) is 5.82 Å². The molecule has 0 saturated carbocycles. The van der Waals surface area contributed by atoms with Crippen molar-refractivity contribution in [2.24, 2.45) is 0 Å². The van der Waals surface area contributed by atoms with Crippen LogP contribution >= 0.6 is 23.1 Å². The maximum atomic E-state index is 14.1. The molecular weight excluding hydrogens is 451 g/mol. The molecule has 5 rings (SSSR count). The van der Waals surface area contributed by atoms with E-state index in [0.29, 0.717) is 11.1 Å². The Labute approximate surface area is 199 Å². The molecule has 0 aliphatic heterocycles. The van der Waals surface area contributed by atoms with Crippen molar-refractivity contribution in [1.82, 2.24) is 4.98 Å². The molecule has 33 heavy (non-hydrogen) atoms. The number of nitrogens with zero attached hydrogens (tertiary/aromatic N) is 1. The van der Waals surface area contributed by atoms with Crippen LogP contribution in [0.3, 0.4) is 0 Å². The van der Waals surface area contributed by atoms with E-state index in [9.17, 15) is 9.18 Å². The van der Waals surface area contributed by atoms with Crippen molar-refractivity contribution in [2.75, 3.05) is 5.32 Å². The number of amides is 1. The maximum absolute atomic E-state index is 14.1. The Balaban J connectivity index is 1.28. The van der Waals surface area contributed by atoms with Gasteiger partial charge in [-0.1, -0.05) is 72.4 Å². The lowest BCUT2D eigenvalue weighted by Gasteiger charge is -2.06. The quantitative estimate of drug-likeness (QED) is 0.206. The van der Waals surface area contributed by atoms with Gasteiger partial charge in [0.05, 0.1) is 10.2 Å². The highest BCUT2D eigenvalue weighted by Gasteiger charge is 2.10. The van der Waals surface area contributed by atoms with Crippen LogP contribution < -0.4 is 5.32 Å². The van der Waals surface area contributed by atoms with Crippen LogP contribution in [-0.2, 0) is 10.5 Å². The molecule has 0 atom stereocenters. The minimum Gasteiger partial charge on any atom is -0.322 e. The zero-order valence-corrected chi connectivity index (χ0v) is 19.1. The van der Waals surface area contributed by atoms with E-state index in [0.717, 1.165) is 36.8 Å². The number of hydrogen-bond donors (Lipinski definition) is 1. The number of nitrogens with one attached hydrogen (secondary N) is 1. The van der Waals surface area contributed by atoms with Gasteiger partial charge in [-0.15, -0.1) is 11.3 Å². The number of anilines is 1.